The summed E-state index contributed by atoms with van der Waals surface area (Å²) in [5.41, 5.74) is 0.707. The Morgan fingerprint density at radius 1 is 1.03 bits per heavy atom. The van der Waals surface area contributed by atoms with E-state index in [9.17, 15) is 18.4 Å². The first-order valence-corrected chi connectivity index (χ1v) is 8.61. The van der Waals surface area contributed by atoms with Gasteiger partial charge in [0, 0.05) is 5.69 Å². The number of anilines is 1. The Morgan fingerprint density at radius 2 is 1.79 bits per heavy atom. The summed E-state index contributed by atoms with van der Waals surface area (Å²) in [5, 5.41) is 2.43. The number of hydrogen-bond donors (Lipinski definition) is 1. The number of hydrogen-bond acceptors (Lipinski definition) is 5. The van der Waals surface area contributed by atoms with Crippen LogP contribution in [0.5, 0.6) is 5.75 Å². The second-order valence-corrected chi connectivity index (χ2v) is 6.10. The van der Waals surface area contributed by atoms with Crippen LogP contribution in [0.15, 0.2) is 59.0 Å². The lowest BCUT2D eigenvalue weighted by atomic mass is 10.2. The second kappa shape index (κ2) is 9.01. The maximum absolute atomic E-state index is 13.5. The predicted molar refractivity (Wildman–Crippen MR) is 99.5 cm³/mol. The van der Waals surface area contributed by atoms with Crippen LogP contribution in [0.4, 0.5) is 14.5 Å². The van der Waals surface area contributed by atoms with E-state index in [0.717, 1.165) is 0 Å². The first-order chi connectivity index (χ1) is 13.9. The van der Waals surface area contributed by atoms with Crippen molar-refractivity contribution in [1.82, 2.24) is 0 Å². The van der Waals surface area contributed by atoms with Crippen molar-refractivity contribution in [1.29, 1.82) is 0 Å². The van der Waals surface area contributed by atoms with Gasteiger partial charge in [-0.05, 0) is 61.0 Å². The third-order valence-electron chi connectivity index (χ3n) is 3.85. The molecule has 0 saturated heterocycles. The van der Waals surface area contributed by atoms with Gasteiger partial charge in [-0.2, -0.15) is 0 Å². The number of halogens is 2. The molecule has 0 aliphatic carbocycles. The molecule has 150 valence electrons. The standard InChI is InChI=1S/C21H17F2NO5/c1-13-2-5-15(10-18(13)23)24-20(25)12-28-21(26)19-9-8-17(29-19)11-27-16-6-3-14(22)4-7-16/h2-10H,11-12H2,1H3,(H,24,25). The van der Waals surface area contributed by atoms with Gasteiger partial charge in [-0.15, -0.1) is 0 Å². The Morgan fingerprint density at radius 3 is 2.52 bits per heavy atom. The second-order valence-electron chi connectivity index (χ2n) is 6.10. The van der Waals surface area contributed by atoms with Gasteiger partial charge in [-0.3, -0.25) is 4.79 Å². The van der Waals surface area contributed by atoms with E-state index in [0.29, 0.717) is 17.1 Å². The first-order valence-electron chi connectivity index (χ1n) is 8.61. The van der Waals surface area contributed by atoms with Gasteiger partial charge in [0.15, 0.2) is 6.61 Å². The minimum Gasteiger partial charge on any atom is -0.486 e. The van der Waals surface area contributed by atoms with Crippen LogP contribution in [0.3, 0.4) is 0 Å². The van der Waals surface area contributed by atoms with Crippen LogP contribution in [0.2, 0.25) is 0 Å². The van der Waals surface area contributed by atoms with E-state index in [1.807, 2.05) is 0 Å². The number of carbonyl (C=O) groups is 2. The van der Waals surface area contributed by atoms with Gasteiger partial charge < -0.3 is 19.2 Å². The van der Waals surface area contributed by atoms with Crippen LogP contribution in [0, 0.1) is 18.6 Å². The number of rotatable bonds is 7. The molecule has 0 unspecified atom stereocenters. The predicted octanol–water partition coefficient (Wildman–Crippen LogP) is 4.24. The molecule has 1 amide bonds. The lowest BCUT2D eigenvalue weighted by Gasteiger charge is -2.07. The molecule has 3 aromatic rings. The lowest BCUT2D eigenvalue weighted by molar-refractivity contribution is -0.119. The molecule has 0 atom stereocenters. The van der Waals surface area contributed by atoms with E-state index in [4.69, 9.17) is 13.9 Å². The fraction of sp³-hybridized carbons (Fsp3) is 0.143. The number of benzene rings is 2. The smallest absolute Gasteiger partial charge is 0.374 e. The highest BCUT2D eigenvalue weighted by atomic mass is 19.1. The minimum atomic E-state index is -0.830. The number of furan rings is 1. The molecule has 6 nitrogen and oxygen atoms in total. The largest absolute Gasteiger partial charge is 0.486 e. The lowest BCUT2D eigenvalue weighted by Crippen LogP contribution is -2.20. The number of nitrogens with one attached hydrogen (secondary N) is 1. The van der Waals surface area contributed by atoms with Crippen molar-refractivity contribution in [2.24, 2.45) is 0 Å². The van der Waals surface area contributed by atoms with Crippen LogP contribution < -0.4 is 10.1 Å². The Balaban J connectivity index is 1.47. The van der Waals surface area contributed by atoms with Crippen LogP contribution in [-0.2, 0) is 16.1 Å². The van der Waals surface area contributed by atoms with E-state index in [1.165, 1.54) is 54.6 Å². The van der Waals surface area contributed by atoms with Gasteiger partial charge in [0.25, 0.3) is 5.91 Å². The zero-order valence-corrected chi connectivity index (χ0v) is 15.4. The van der Waals surface area contributed by atoms with E-state index in [1.54, 1.807) is 6.92 Å². The van der Waals surface area contributed by atoms with E-state index < -0.39 is 24.3 Å². The zero-order chi connectivity index (χ0) is 20.8. The Labute approximate surface area is 165 Å². The highest BCUT2D eigenvalue weighted by molar-refractivity contribution is 5.94. The summed E-state index contributed by atoms with van der Waals surface area (Å²) in [6.07, 6.45) is 0. The van der Waals surface area contributed by atoms with Gasteiger partial charge in [-0.1, -0.05) is 6.07 Å². The normalized spacial score (nSPS) is 10.4. The summed E-state index contributed by atoms with van der Waals surface area (Å²) >= 11 is 0. The molecule has 2 aromatic carbocycles. The Hall–Kier alpha value is -3.68. The fourth-order valence-corrected chi connectivity index (χ4v) is 2.32. The molecule has 8 heteroatoms. The molecule has 0 fully saturated rings. The highest BCUT2D eigenvalue weighted by Crippen LogP contribution is 2.16. The zero-order valence-electron chi connectivity index (χ0n) is 15.4. The maximum atomic E-state index is 13.5. The summed E-state index contributed by atoms with van der Waals surface area (Å²) in [5.74, 6) is -1.59. The third-order valence-corrected chi connectivity index (χ3v) is 3.85. The van der Waals surface area contributed by atoms with E-state index >= 15 is 0 Å². The van der Waals surface area contributed by atoms with Crippen LogP contribution in [0.25, 0.3) is 0 Å². The van der Waals surface area contributed by atoms with Gasteiger partial charge in [0.1, 0.15) is 29.8 Å². The molecule has 0 aliphatic rings. The van der Waals surface area contributed by atoms with Crippen molar-refractivity contribution in [2.75, 3.05) is 11.9 Å². The molecule has 0 spiro atoms. The van der Waals surface area contributed by atoms with Crippen molar-refractivity contribution in [3.63, 3.8) is 0 Å². The van der Waals surface area contributed by atoms with Crippen molar-refractivity contribution in [3.8, 4) is 5.75 Å². The number of ether oxygens (including phenoxy) is 2. The van der Waals surface area contributed by atoms with Crippen molar-refractivity contribution < 1.29 is 32.3 Å². The van der Waals surface area contributed by atoms with Crippen LogP contribution in [0.1, 0.15) is 21.9 Å². The van der Waals surface area contributed by atoms with Crippen LogP contribution >= 0.6 is 0 Å². The van der Waals surface area contributed by atoms with E-state index in [2.05, 4.69) is 5.32 Å². The van der Waals surface area contributed by atoms with Crippen molar-refractivity contribution in [2.45, 2.75) is 13.5 Å². The van der Waals surface area contributed by atoms with Crippen molar-refractivity contribution >= 4 is 17.6 Å². The highest BCUT2D eigenvalue weighted by Gasteiger charge is 2.15. The molecule has 3 rings (SSSR count). The molecule has 0 bridgehead atoms. The van der Waals surface area contributed by atoms with Gasteiger partial charge in [0.05, 0.1) is 0 Å². The quantitative estimate of drug-likeness (QED) is 0.599. The van der Waals surface area contributed by atoms with Gasteiger partial charge >= 0.3 is 5.97 Å². The SMILES string of the molecule is Cc1ccc(NC(=O)COC(=O)c2ccc(COc3ccc(F)cc3)o2)cc1F. The molecular weight excluding hydrogens is 384 g/mol. The Bertz CT molecular complexity index is 1010. The summed E-state index contributed by atoms with van der Waals surface area (Å²) in [6.45, 7) is 1.07. The van der Waals surface area contributed by atoms with Gasteiger partial charge in [-0.25, -0.2) is 13.6 Å². The molecule has 0 saturated carbocycles. The minimum absolute atomic E-state index is 0.0262. The third kappa shape index (κ3) is 5.65. The van der Waals surface area contributed by atoms with Crippen LogP contribution in [-0.4, -0.2) is 18.5 Å². The molecule has 0 radical (unpaired) electrons. The monoisotopic (exact) mass is 401 g/mol. The molecule has 1 N–H and O–H groups in total. The number of amides is 1. The maximum Gasteiger partial charge on any atom is 0.374 e. The molecular formula is C21H17F2NO5. The summed E-state index contributed by atoms with van der Waals surface area (Å²) < 4.78 is 42.0. The molecule has 0 aliphatic heterocycles. The molecule has 1 heterocycles. The summed E-state index contributed by atoms with van der Waals surface area (Å²) in [6, 6.07) is 12.6. The average molecular weight is 401 g/mol. The van der Waals surface area contributed by atoms with Crippen molar-refractivity contribution in [3.05, 3.63) is 83.3 Å². The Kier molecular flexibility index (Phi) is 6.23. The topological polar surface area (TPSA) is 77.8 Å². The average Bonchev–Trinajstić information content (AvgIpc) is 3.18. The number of esters is 1. The molecule has 29 heavy (non-hydrogen) atoms. The summed E-state index contributed by atoms with van der Waals surface area (Å²) in [4.78, 5) is 23.8. The first kappa shape index (κ1) is 20.1. The van der Waals surface area contributed by atoms with Gasteiger partial charge in [0.2, 0.25) is 5.76 Å². The fourth-order valence-electron chi connectivity index (χ4n) is 2.32. The van der Waals surface area contributed by atoms with E-state index in [-0.39, 0.29) is 23.9 Å². The molecule has 1 aromatic heterocycles. The number of aryl methyl sites for hydroxylation is 1. The number of carbonyl (C=O) groups excluding carboxylic acids is 2. The summed E-state index contributed by atoms with van der Waals surface area (Å²) in [7, 11) is 0.